The molecule has 0 saturated carbocycles. The third-order valence-electron chi connectivity index (χ3n) is 3.36. The van der Waals surface area contributed by atoms with Crippen LogP contribution in [-0.4, -0.2) is 20.2 Å². The first-order chi connectivity index (χ1) is 13.2. The number of sulfonamides is 1. The predicted octanol–water partition coefficient (Wildman–Crippen LogP) is 5.14. The zero-order valence-corrected chi connectivity index (χ0v) is 18.3. The predicted molar refractivity (Wildman–Crippen MR) is 113 cm³/mol. The molecule has 146 valence electrons. The Morgan fingerprint density at radius 2 is 1.75 bits per heavy atom. The Balaban J connectivity index is 1.82. The van der Waals surface area contributed by atoms with Gasteiger partial charge in [-0.05, 0) is 35.7 Å². The molecule has 2 amide bonds. The van der Waals surface area contributed by atoms with E-state index in [4.69, 9.17) is 34.8 Å². The Morgan fingerprint density at radius 3 is 2.36 bits per heavy atom. The number of hydrogen-bond donors (Lipinski definition) is 2. The van der Waals surface area contributed by atoms with Gasteiger partial charge in [0.2, 0.25) is 0 Å². The summed E-state index contributed by atoms with van der Waals surface area (Å²) in [5.74, 6) is -1.32. The second-order valence-corrected chi connectivity index (χ2v) is 10.5. The lowest BCUT2D eigenvalue weighted by atomic mass is 10.2. The van der Waals surface area contributed by atoms with Crippen molar-refractivity contribution in [1.29, 1.82) is 0 Å². The molecule has 3 aromatic rings. The van der Waals surface area contributed by atoms with Gasteiger partial charge in [0.25, 0.3) is 21.8 Å². The zero-order valence-electron chi connectivity index (χ0n) is 13.5. The summed E-state index contributed by atoms with van der Waals surface area (Å²) in [6, 6.07) is 8.49. The van der Waals surface area contributed by atoms with E-state index in [1.807, 2.05) is 4.72 Å². The molecule has 12 heteroatoms. The summed E-state index contributed by atoms with van der Waals surface area (Å²) >= 11 is 19.8. The smallest absolute Gasteiger partial charge is 0.266 e. The fourth-order valence-electron chi connectivity index (χ4n) is 2.10. The first kappa shape index (κ1) is 21.1. The number of benzene rings is 1. The molecule has 0 unspecified atom stereocenters. The van der Waals surface area contributed by atoms with Gasteiger partial charge in [-0.15, -0.1) is 22.7 Å². The molecule has 2 heterocycles. The van der Waals surface area contributed by atoms with E-state index in [0.717, 1.165) is 17.4 Å². The highest BCUT2D eigenvalue weighted by molar-refractivity contribution is 7.90. The lowest BCUT2D eigenvalue weighted by Crippen LogP contribution is -2.30. The highest BCUT2D eigenvalue weighted by Gasteiger charge is 2.24. The van der Waals surface area contributed by atoms with Gasteiger partial charge in [0, 0.05) is 5.56 Å². The Labute approximate surface area is 183 Å². The Hall–Kier alpha value is -1.62. The summed E-state index contributed by atoms with van der Waals surface area (Å²) in [5.41, 5.74) is 0.147. The lowest BCUT2D eigenvalue weighted by Gasteiger charge is -2.10. The number of halogens is 3. The standard InChI is InChI=1S/C16H9Cl3N2O4S3/c17-9-4-3-8(6-10(9)20-16(23)11-2-1-5-26-11)15(22)21-28(24,25)12-7-13(18)27-14(12)19/h1-7H,(H,20,23)(H,21,22). The van der Waals surface area contributed by atoms with Crippen LogP contribution in [0.3, 0.4) is 0 Å². The van der Waals surface area contributed by atoms with Crippen LogP contribution < -0.4 is 10.0 Å². The van der Waals surface area contributed by atoms with Crippen molar-refractivity contribution in [3.8, 4) is 0 Å². The maximum Gasteiger partial charge on any atom is 0.266 e. The highest BCUT2D eigenvalue weighted by Crippen LogP contribution is 2.34. The minimum atomic E-state index is -4.22. The van der Waals surface area contributed by atoms with Crippen molar-refractivity contribution < 1.29 is 18.0 Å². The van der Waals surface area contributed by atoms with E-state index in [9.17, 15) is 18.0 Å². The molecule has 0 bridgehead atoms. The van der Waals surface area contributed by atoms with Crippen molar-refractivity contribution >= 4 is 85.0 Å². The molecular weight excluding hydrogens is 487 g/mol. The van der Waals surface area contributed by atoms with Crippen LogP contribution in [0.1, 0.15) is 20.0 Å². The van der Waals surface area contributed by atoms with E-state index >= 15 is 0 Å². The number of anilines is 1. The molecule has 6 nitrogen and oxygen atoms in total. The fraction of sp³-hybridized carbons (Fsp3) is 0. The fourth-order valence-corrected chi connectivity index (χ4v) is 6.01. The number of amides is 2. The van der Waals surface area contributed by atoms with Crippen LogP contribution >= 0.6 is 57.5 Å². The van der Waals surface area contributed by atoms with Crippen molar-refractivity contribution in [2.45, 2.75) is 4.90 Å². The topological polar surface area (TPSA) is 92.3 Å². The Bertz CT molecular complexity index is 1160. The van der Waals surface area contributed by atoms with Crippen LogP contribution in [0.25, 0.3) is 0 Å². The van der Waals surface area contributed by atoms with Crippen LogP contribution in [0, 0.1) is 0 Å². The van der Waals surface area contributed by atoms with Crippen molar-refractivity contribution in [3.63, 3.8) is 0 Å². The number of thiophene rings is 2. The van der Waals surface area contributed by atoms with E-state index in [1.54, 1.807) is 17.5 Å². The summed E-state index contributed by atoms with van der Waals surface area (Å²) in [5, 5.41) is 4.52. The van der Waals surface area contributed by atoms with Gasteiger partial charge in [0.05, 0.1) is 19.9 Å². The van der Waals surface area contributed by atoms with Crippen molar-refractivity contribution in [2.75, 3.05) is 5.32 Å². The average molecular weight is 496 g/mol. The number of hydrogen-bond acceptors (Lipinski definition) is 6. The number of nitrogens with one attached hydrogen (secondary N) is 2. The SMILES string of the molecule is O=C(NS(=O)(=O)c1cc(Cl)sc1Cl)c1ccc(Cl)c(NC(=O)c2cccs2)c1. The highest BCUT2D eigenvalue weighted by atomic mass is 35.5. The van der Waals surface area contributed by atoms with Crippen LogP contribution in [0.15, 0.2) is 46.7 Å². The molecule has 2 aromatic heterocycles. The minimum absolute atomic E-state index is 0.0214. The van der Waals surface area contributed by atoms with Crippen molar-refractivity contribution in [2.24, 2.45) is 0 Å². The Morgan fingerprint density at radius 1 is 1.00 bits per heavy atom. The number of rotatable bonds is 5. The molecule has 0 radical (unpaired) electrons. The van der Waals surface area contributed by atoms with E-state index in [2.05, 4.69) is 5.32 Å². The molecule has 1 aromatic carbocycles. The summed E-state index contributed by atoms with van der Waals surface area (Å²) in [6.07, 6.45) is 0. The van der Waals surface area contributed by atoms with E-state index < -0.39 is 21.8 Å². The van der Waals surface area contributed by atoms with Gasteiger partial charge >= 0.3 is 0 Å². The van der Waals surface area contributed by atoms with Gasteiger partial charge in [0.15, 0.2) is 0 Å². The third-order valence-corrected chi connectivity index (χ3v) is 7.65. The first-order valence-electron chi connectivity index (χ1n) is 7.34. The molecule has 0 aliphatic heterocycles. The molecule has 0 fully saturated rings. The van der Waals surface area contributed by atoms with Gasteiger partial charge in [-0.1, -0.05) is 40.9 Å². The maximum atomic E-state index is 12.4. The minimum Gasteiger partial charge on any atom is -0.320 e. The normalized spacial score (nSPS) is 11.2. The second kappa shape index (κ2) is 8.40. The van der Waals surface area contributed by atoms with Crippen LogP contribution in [-0.2, 0) is 10.0 Å². The quantitative estimate of drug-likeness (QED) is 0.512. The molecule has 28 heavy (non-hydrogen) atoms. The van der Waals surface area contributed by atoms with Crippen molar-refractivity contribution in [1.82, 2.24) is 4.72 Å². The number of carbonyl (C=O) groups excluding carboxylic acids is 2. The lowest BCUT2D eigenvalue weighted by molar-refractivity contribution is 0.0979. The summed E-state index contributed by atoms with van der Waals surface area (Å²) in [7, 11) is -4.22. The molecule has 0 aliphatic rings. The molecule has 0 saturated heterocycles. The monoisotopic (exact) mass is 494 g/mol. The van der Waals surface area contributed by atoms with Gasteiger partial charge in [-0.3, -0.25) is 9.59 Å². The van der Waals surface area contributed by atoms with Crippen molar-refractivity contribution in [3.05, 3.63) is 65.9 Å². The molecule has 2 N–H and O–H groups in total. The van der Waals surface area contributed by atoms with E-state index in [1.165, 1.54) is 29.5 Å². The second-order valence-electron chi connectivity index (χ2n) is 5.25. The number of carbonyl (C=O) groups is 2. The average Bonchev–Trinajstić information content (AvgIpc) is 3.26. The Kier molecular flexibility index (Phi) is 6.33. The molecule has 3 rings (SSSR count). The summed E-state index contributed by atoms with van der Waals surface area (Å²) in [6.45, 7) is 0. The molecule has 0 spiro atoms. The van der Waals surface area contributed by atoms with E-state index in [-0.39, 0.29) is 29.8 Å². The summed E-state index contributed by atoms with van der Waals surface area (Å²) in [4.78, 5) is 24.8. The van der Waals surface area contributed by atoms with Gasteiger partial charge in [-0.2, -0.15) is 0 Å². The first-order valence-corrected chi connectivity index (χ1v) is 11.6. The van der Waals surface area contributed by atoms with Crippen LogP contribution in [0.2, 0.25) is 13.7 Å². The van der Waals surface area contributed by atoms with Crippen LogP contribution in [0.4, 0.5) is 5.69 Å². The third kappa shape index (κ3) is 4.68. The molecular formula is C16H9Cl3N2O4S3. The van der Waals surface area contributed by atoms with E-state index in [0.29, 0.717) is 4.88 Å². The zero-order chi connectivity index (χ0) is 20.5. The van der Waals surface area contributed by atoms with Crippen LogP contribution in [0.5, 0.6) is 0 Å². The molecule has 0 aliphatic carbocycles. The largest absolute Gasteiger partial charge is 0.320 e. The maximum absolute atomic E-state index is 12.4. The van der Waals surface area contributed by atoms with Gasteiger partial charge in [0.1, 0.15) is 9.23 Å². The molecule has 0 atom stereocenters. The van der Waals surface area contributed by atoms with Gasteiger partial charge < -0.3 is 5.32 Å². The van der Waals surface area contributed by atoms with Gasteiger partial charge in [-0.25, -0.2) is 13.1 Å². The summed E-state index contributed by atoms with van der Waals surface area (Å²) < 4.78 is 26.8.